The molecule has 238 valence electrons. The minimum Gasteiger partial charge on any atom is -0.307 e. The Hall–Kier alpha value is -7.90. The van der Waals surface area contributed by atoms with Gasteiger partial charge in [-0.25, -0.2) is 0 Å². The predicted octanol–water partition coefficient (Wildman–Crippen LogP) is 10.7. The molecule has 2 aromatic heterocycles. The fourth-order valence-corrected chi connectivity index (χ4v) is 7.77. The average molecular weight is 661 g/mol. The van der Waals surface area contributed by atoms with E-state index in [9.17, 15) is 21.0 Å². The first-order valence-electron chi connectivity index (χ1n) is 16.7. The Kier molecular flexibility index (Phi) is 6.91. The molecule has 9 aromatic rings. The van der Waals surface area contributed by atoms with Crippen LogP contribution in [0.2, 0.25) is 0 Å². The monoisotopic (exact) mass is 660 g/mol. The standard InChI is InChI=1S/C46H24N6/c47-25-29-11-9-13-31(23-29)43-37(27-49)45(51-39-19-5-1-15-33(39)34-16-2-6-20-40(34)51)44(32-14-10-12-30(24-32)26-48)46(38(43)28-50)52-41-21-7-3-17-35(41)36-18-4-8-22-42(36)52/h1-24H. The topological polar surface area (TPSA) is 105 Å². The largest absolute Gasteiger partial charge is 0.307 e. The van der Waals surface area contributed by atoms with E-state index in [4.69, 9.17) is 0 Å². The Morgan fingerprint density at radius 3 is 1.04 bits per heavy atom. The number of hydrogen-bond donors (Lipinski definition) is 0. The Labute approximate surface area is 298 Å². The molecule has 0 aliphatic carbocycles. The third-order valence-electron chi connectivity index (χ3n) is 9.84. The summed E-state index contributed by atoms with van der Waals surface area (Å²) in [6.45, 7) is 0. The molecule has 6 heteroatoms. The summed E-state index contributed by atoms with van der Waals surface area (Å²) in [5, 5.41) is 46.9. The molecule has 0 aliphatic heterocycles. The number of para-hydroxylation sites is 4. The van der Waals surface area contributed by atoms with Crippen LogP contribution in [0, 0.1) is 45.3 Å². The first kappa shape index (κ1) is 30.2. The van der Waals surface area contributed by atoms with Crippen molar-refractivity contribution in [3.05, 3.63) is 168 Å². The summed E-state index contributed by atoms with van der Waals surface area (Å²) >= 11 is 0. The third kappa shape index (κ3) is 4.33. The molecule has 7 aromatic carbocycles. The summed E-state index contributed by atoms with van der Waals surface area (Å²) < 4.78 is 4.24. The van der Waals surface area contributed by atoms with E-state index in [1.54, 1.807) is 24.3 Å². The second-order valence-corrected chi connectivity index (χ2v) is 12.5. The summed E-state index contributed by atoms with van der Waals surface area (Å²) in [5.74, 6) is 0. The van der Waals surface area contributed by atoms with E-state index in [1.165, 1.54) is 0 Å². The van der Waals surface area contributed by atoms with Gasteiger partial charge < -0.3 is 9.13 Å². The highest BCUT2D eigenvalue weighted by Gasteiger charge is 2.31. The van der Waals surface area contributed by atoms with E-state index in [-0.39, 0.29) is 11.1 Å². The molecular weight excluding hydrogens is 637 g/mol. The van der Waals surface area contributed by atoms with Crippen LogP contribution >= 0.6 is 0 Å². The molecule has 0 aliphatic rings. The summed E-state index contributed by atoms with van der Waals surface area (Å²) in [5.41, 5.74) is 8.40. The highest BCUT2D eigenvalue weighted by Crippen LogP contribution is 2.48. The van der Waals surface area contributed by atoms with Crippen LogP contribution in [-0.4, -0.2) is 9.13 Å². The van der Waals surface area contributed by atoms with Crippen molar-refractivity contribution in [2.75, 3.05) is 0 Å². The van der Waals surface area contributed by atoms with Crippen molar-refractivity contribution in [2.45, 2.75) is 0 Å². The van der Waals surface area contributed by atoms with Crippen molar-refractivity contribution < 1.29 is 0 Å². The SMILES string of the molecule is N#Cc1cccc(-c2c(C#N)c(-n3c4ccccc4c4ccccc43)c(-c3cccc(C#N)c3)c(-n3c4ccccc4c4ccccc43)c2C#N)c1. The summed E-state index contributed by atoms with van der Waals surface area (Å²) in [4.78, 5) is 0. The highest BCUT2D eigenvalue weighted by atomic mass is 15.0. The quantitative estimate of drug-likeness (QED) is 0.187. The van der Waals surface area contributed by atoms with Crippen molar-refractivity contribution >= 4 is 43.6 Å². The van der Waals surface area contributed by atoms with Gasteiger partial charge in [0.25, 0.3) is 0 Å². The maximum atomic E-state index is 11.4. The van der Waals surface area contributed by atoms with Crippen molar-refractivity contribution in [3.63, 3.8) is 0 Å². The van der Waals surface area contributed by atoms with E-state index in [2.05, 4.69) is 57.7 Å². The lowest BCUT2D eigenvalue weighted by atomic mass is 9.85. The summed E-state index contributed by atoms with van der Waals surface area (Å²) in [6, 6.07) is 56.4. The van der Waals surface area contributed by atoms with Crippen LogP contribution in [0.4, 0.5) is 0 Å². The van der Waals surface area contributed by atoms with Crippen molar-refractivity contribution in [1.82, 2.24) is 9.13 Å². The van der Waals surface area contributed by atoms with E-state index in [0.717, 1.165) is 43.6 Å². The van der Waals surface area contributed by atoms with Crippen LogP contribution in [0.25, 0.3) is 77.2 Å². The molecule has 0 saturated heterocycles. The molecule has 0 radical (unpaired) electrons. The first-order valence-corrected chi connectivity index (χ1v) is 16.7. The van der Waals surface area contributed by atoms with Crippen molar-refractivity contribution in [2.24, 2.45) is 0 Å². The van der Waals surface area contributed by atoms with Crippen molar-refractivity contribution in [3.8, 4) is 57.9 Å². The van der Waals surface area contributed by atoms with E-state index >= 15 is 0 Å². The number of aromatic nitrogens is 2. The van der Waals surface area contributed by atoms with Gasteiger partial charge >= 0.3 is 0 Å². The molecule has 2 heterocycles. The van der Waals surface area contributed by atoms with Gasteiger partial charge in [0.1, 0.15) is 12.1 Å². The van der Waals surface area contributed by atoms with Crippen LogP contribution in [0.5, 0.6) is 0 Å². The fourth-order valence-electron chi connectivity index (χ4n) is 7.77. The van der Waals surface area contributed by atoms with Crippen molar-refractivity contribution in [1.29, 1.82) is 21.0 Å². The Balaban J connectivity index is 1.63. The molecule has 9 rings (SSSR count). The van der Waals surface area contributed by atoms with Gasteiger partial charge in [-0.2, -0.15) is 21.0 Å². The Bertz CT molecular complexity index is 2870. The van der Waals surface area contributed by atoms with Gasteiger partial charge in [-0.15, -0.1) is 0 Å². The lowest BCUT2D eigenvalue weighted by molar-refractivity contribution is 1.12. The first-order chi connectivity index (χ1) is 25.7. The molecule has 0 bridgehead atoms. The number of hydrogen-bond acceptors (Lipinski definition) is 4. The van der Waals surface area contributed by atoms with Crippen LogP contribution in [0.3, 0.4) is 0 Å². The van der Waals surface area contributed by atoms with Gasteiger partial charge in [-0.3, -0.25) is 0 Å². The highest BCUT2D eigenvalue weighted by molar-refractivity contribution is 6.13. The maximum absolute atomic E-state index is 11.4. The van der Waals surface area contributed by atoms with E-state index in [0.29, 0.717) is 44.8 Å². The molecule has 0 N–H and O–H groups in total. The van der Waals surface area contributed by atoms with Crippen LogP contribution in [0.15, 0.2) is 146 Å². The smallest absolute Gasteiger partial charge is 0.102 e. The maximum Gasteiger partial charge on any atom is 0.102 e. The lowest BCUT2D eigenvalue weighted by Gasteiger charge is -2.25. The van der Waals surface area contributed by atoms with Gasteiger partial charge in [-0.1, -0.05) is 97.1 Å². The lowest BCUT2D eigenvalue weighted by Crippen LogP contribution is -2.11. The van der Waals surface area contributed by atoms with Gasteiger partial charge in [-0.05, 0) is 59.7 Å². The number of nitrogens with zero attached hydrogens (tertiary/aromatic N) is 6. The second-order valence-electron chi connectivity index (χ2n) is 12.5. The van der Waals surface area contributed by atoms with Gasteiger partial charge in [0.2, 0.25) is 0 Å². The number of fused-ring (bicyclic) bond motifs is 6. The Morgan fingerprint density at radius 1 is 0.346 bits per heavy atom. The molecule has 0 fully saturated rings. The van der Waals surface area contributed by atoms with Crippen LogP contribution < -0.4 is 0 Å². The average Bonchev–Trinajstić information content (AvgIpc) is 3.72. The zero-order valence-corrected chi connectivity index (χ0v) is 27.5. The van der Waals surface area contributed by atoms with Gasteiger partial charge in [0, 0.05) is 32.7 Å². The number of benzene rings is 7. The number of rotatable bonds is 4. The molecule has 52 heavy (non-hydrogen) atoms. The summed E-state index contributed by atoms with van der Waals surface area (Å²) in [6.07, 6.45) is 0. The molecule has 0 spiro atoms. The number of nitriles is 4. The minimum atomic E-state index is 0.278. The van der Waals surface area contributed by atoms with Gasteiger partial charge in [0.15, 0.2) is 0 Å². The summed E-state index contributed by atoms with van der Waals surface area (Å²) in [7, 11) is 0. The fraction of sp³-hybridized carbons (Fsp3) is 0. The second kappa shape index (κ2) is 11.9. The predicted molar refractivity (Wildman–Crippen MR) is 205 cm³/mol. The minimum absolute atomic E-state index is 0.278. The van der Waals surface area contributed by atoms with E-state index in [1.807, 2.05) is 97.1 Å². The third-order valence-corrected chi connectivity index (χ3v) is 9.84. The Morgan fingerprint density at radius 2 is 0.692 bits per heavy atom. The zero-order chi connectivity index (χ0) is 35.3. The normalized spacial score (nSPS) is 11.0. The molecular formula is C46H24N6. The molecule has 0 unspecified atom stereocenters. The molecule has 6 nitrogen and oxygen atoms in total. The molecule has 0 atom stereocenters. The van der Waals surface area contributed by atoms with Crippen LogP contribution in [0.1, 0.15) is 22.3 Å². The van der Waals surface area contributed by atoms with Crippen LogP contribution in [-0.2, 0) is 0 Å². The molecule has 0 amide bonds. The van der Waals surface area contributed by atoms with Gasteiger partial charge in [0.05, 0.1) is 67.8 Å². The zero-order valence-electron chi connectivity index (χ0n) is 27.5. The molecule has 0 saturated carbocycles. The van der Waals surface area contributed by atoms with E-state index < -0.39 is 0 Å².